The van der Waals surface area contributed by atoms with Gasteiger partial charge in [-0.1, -0.05) is 12.1 Å². The maximum absolute atomic E-state index is 14.6. The predicted octanol–water partition coefficient (Wildman–Crippen LogP) is 3.71. The summed E-state index contributed by atoms with van der Waals surface area (Å²) in [5, 5.41) is 3.98. The topological polar surface area (TPSA) is 85.0 Å². The lowest BCUT2D eigenvalue weighted by molar-refractivity contribution is 0.396. The van der Waals surface area contributed by atoms with Crippen LogP contribution in [0.2, 0.25) is 0 Å². The Morgan fingerprint density at radius 2 is 1.97 bits per heavy atom. The minimum atomic E-state index is -0.515. The van der Waals surface area contributed by atoms with Crippen LogP contribution in [0.5, 0.6) is 11.6 Å². The fourth-order valence-electron chi connectivity index (χ4n) is 3.05. The van der Waals surface area contributed by atoms with E-state index in [9.17, 15) is 4.39 Å². The maximum Gasteiger partial charge on any atom is 0.218 e. The second-order valence-electron chi connectivity index (χ2n) is 6.43. The van der Waals surface area contributed by atoms with Crippen LogP contribution in [0.1, 0.15) is 16.8 Å². The molecule has 0 fully saturated rings. The molecule has 0 saturated carbocycles. The number of fused-ring (bicyclic) bond motifs is 1. The van der Waals surface area contributed by atoms with Crippen molar-refractivity contribution < 1.29 is 13.9 Å². The Hall–Kier alpha value is -3.68. The molecule has 0 aliphatic rings. The van der Waals surface area contributed by atoms with Gasteiger partial charge in [0, 0.05) is 29.6 Å². The van der Waals surface area contributed by atoms with Crippen LogP contribution >= 0.6 is 0 Å². The van der Waals surface area contributed by atoms with Gasteiger partial charge in [0.25, 0.3) is 0 Å². The van der Waals surface area contributed by atoms with E-state index in [0.717, 1.165) is 22.3 Å². The zero-order valence-electron chi connectivity index (χ0n) is 16.1. The van der Waals surface area contributed by atoms with Gasteiger partial charge in [0.15, 0.2) is 0 Å². The number of aromatic amines is 1. The molecule has 4 aromatic rings. The summed E-state index contributed by atoms with van der Waals surface area (Å²) in [6, 6.07) is 10.9. The molecule has 2 N–H and O–H groups in total. The van der Waals surface area contributed by atoms with Crippen LogP contribution in [-0.2, 0) is 13.0 Å². The number of hydrogen-bond acceptors (Lipinski definition) is 6. The van der Waals surface area contributed by atoms with E-state index in [-0.39, 0.29) is 0 Å². The van der Waals surface area contributed by atoms with Gasteiger partial charge in [0.2, 0.25) is 11.8 Å². The van der Waals surface area contributed by atoms with E-state index in [0.29, 0.717) is 36.0 Å². The fraction of sp³-hybridized carbons (Fsp3) is 0.190. The van der Waals surface area contributed by atoms with Crippen LogP contribution < -0.4 is 14.8 Å². The third-order valence-electron chi connectivity index (χ3n) is 4.58. The summed E-state index contributed by atoms with van der Waals surface area (Å²) in [5.41, 5.74) is 2.93. The zero-order valence-corrected chi connectivity index (χ0v) is 16.1. The number of nitrogens with zero attached hydrogens (tertiary/aromatic N) is 3. The van der Waals surface area contributed by atoms with E-state index >= 15 is 0 Å². The van der Waals surface area contributed by atoms with Crippen LogP contribution in [0.4, 0.5) is 10.2 Å². The predicted molar refractivity (Wildman–Crippen MR) is 108 cm³/mol. The number of rotatable bonds is 7. The molecule has 4 aromatic heterocycles. The molecular formula is C21H20FN5O2. The Labute approximate surface area is 166 Å². The molecule has 0 spiro atoms. The molecule has 0 aliphatic carbocycles. The van der Waals surface area contributed by atoms with E-state index in [1.807, 2.05) is 24.4 Å². The Balaban J connectivity index is 1.49. The van der Waals surface area contributed by atoms with Crippen molar-refractivity contribution in [2.75, 3.05) is 19.5 Å². The lowest BCUT2D eigenvalue weighted by atomic mass is 10.1. The van der Waals surface area contributed by atoms with Gasteiger partial charge in [0.1, 0.15) is 17.2 Å². The number of pyridine rings is 3. The molecule has 4 rings (SSSR count). The van der Waals surface area contributed by atoms with Gasteiger partial charge in [-0.2, -0.15) is 4.39 Å². The van der Waals surface area contributed by atoms with Crippen LogP contribution in [0.25, 0.3) is 11.0 Å². The number of anilines is 1. The van der Waals surface area contributed by atoms with Crippen molar-refractivity contribution in [3.63, 3.8) is 0 Å². The van der Waals surface area contributed by atoms with Gasteiger partial charge in [-0.15, -0.1) is 0 Å². The van der Waals surface area contributed by atoms with Crippen molar-refractivity contribution >= 4 is 16.9 Å². The highest BCUT2D eigenvalue weighted by molar-refractivity contribution is 5.81. The molecule has 0 aromatic carbocycles. The molecule has 148 valence electrons. The van der Waals surface area contributed by atoms with Gasteiger partial charge >= 0.3 is 0 Å². The summed E-state index contributed by atoms with van der Waals surface area (Å²) in [7, 11) is 3.15. The minimum Gasteiger partial charge on any atom is -0.495 e. The van der Waals surface area contributed by atoms with E-state index in [1.165, 1.54) is 0 Å². The molecule has 0 atom stereocenters. The average molecular weight is 393 g/mol. The standard InChI is InChI=1S/C21H20FN5O2/c1-28-16-9-17-14(10-24-21(17)25-12-16)8-13-6-7-18(27-20(13)22)23-11-15-4-3-5-19(26-15)29-2/h3-7,9-10,12H,8,11H2,1-2H3,(H,23,27)(H,24,25). The van der Waals surface area contributed by atoms with Gasteiger partial charge in [-0.3, -0.25) is 0 Å². The fourth-order valence-corrected chi connectivity index (χ4v) is 3.05. The van der Waals surface area contributed by atoms with E-state index in [2.05, 4.69) is 25.3 Å². The highest BCUT2D eigenvalue weighted by Gasteiger charge is 2.11. The van der Waals surface area contributed by atoms with Crippen molar-refractivity contribution in [2.45, 2.75) is 13.0 Å². The summed E-state index contributed by atoms with van der Waals surface area (Å²) in [6.07, 6.45) is 3.87. The van der Waals surface area contributed by atoms with Crippen LogP contribution in [0.3, 0.4) is 0 Å². The van der Waals surface area contributed by atoms with E-state index in [1.54, 1.807) is 38.6 Å². The van der Waals surface area contributed by atoms with E-state index in [4.69, 9.17) is 9.47 Å². The monoisotopic (exact) mass is 393 g/mol. The van der Waals surface area contributed by atoms with Crippen LogP contribution in [0, 0.1) is 5.95 Å². The Morgan fingerprint density at radius 1 is 1.07 bits per heavy atom. The highest BCUT2D eigenvalue weighted by Crippen LogP contribution is 2.24. The first-order valence-corrected chi connectivity index (χ1v) is 9.05. The molecule has 4 heterocycles. The van der Waals surface area contributed by atoms with Crippen molar-refractivity contribution in [3.05, 3.63) is 71.6 Å². The summed E-state index contributed by atoms with van der Waals surface area (Å²) in [5.74, 6) is 1.11. The van der Waals surface area contributed by atoms with Gasteiger partial charge in [0.05, 0.1) is 32.7 Å². The smallest absolute Gasteiger partial charge is 0.218 e. The van der Waals surface area contributed by atoms with Crippen molar-refractivity contribution in [2.24, 2.45) is 0 Å². The van der Waals surface area contributed by atoms with Gasteiger partial charge in [-0.05, 0) is 23.8 Å². The zero-order chi connectivity index (χ0) is 20.2. The minimum absolute atomic E-state index is 0.394. The molecule has 0 radical (unpaired) electrons. The molecule has 0 amide bonds. The molecule has 0 aliphatic heterocycles. The number of nitrogens with one attached hydrogen (secondary N) is 2. The van der Waals surface area contributed by atoms with Crippen molar-refractivity contribution in [1.29, 1.82) is 0 Å². The largest absolute Gasteiger partial charge is 0.495 e. The average Bonchev–Trinajstić information content (AvgIpc) is 3.16. The first-order valence-electron chi connectivity index (χ1n) is 9.05. The SMILES string of the molecule is COc1cnc2[nH]cc(Cc3ccc(NCc4cccc(OC)n4)nc3F)c2c1. The van der Waals surface area contributed by atoms with E-state index < -0.39 is 5.95 Å². The molecule has 7 nitrogen and oxygen atoms in total. The number of ether oxygens (including phenoxy) is 2. The van der Waals surface area contributed by atoms with Crippen molar-refractivity contribution in [3.8, 4) is 11.6 Å². The second-order valence-corrected chi connectivity index (χ2v) is 6.43. The Kier molecular flexibility index (Phi) is 5.24. The quantitative estimate of drug-likeness (QED) is 0.466. The molecule has 8 heteroatoms. The summed E-state index contributed by atoms with van der Waals surface area (Å²) >= 11 is 0. The number of methoxy groups -OCH3 is 2. The maximum atomic E-state index is 14.6. The number of halogens is 1. The summed E-state index contributed by atoms with van der Waals surface area (Å²) in [6.45, 7) is 0.414. The third-order valence-corrected chi connectivity index (χ3v) is 4.58. The Bertz CT molecular complexity index is 1150. The third kappa shape index (κ3) is 4.11. The number of aromatic nitrogens is 4. The number of H-pyrrole nitrogens is 1. The van der Waals surface area contributed by atoms with Crippen molar-refractivity contribution in [1.82, 2.24) is 19.9 Å². The number of hydrogen-bond donors (Lipinski definition) is 2. The normalized spacial score (nSPS) is 10.9. The Morgan fingerprint density at radius 3 is 2.76 bits per heavy atom. The lowest BCUT2D eigenvalue weighted by Crippen LogP contribution is -2.06. The summed E-state index contributed by atoms with van der Waals surface area (Å²) < 4.78 is 24.9. The highest BCUT2D eigenvalue weighted by atomic mass is 19.1. The molecule has 0 saturated heterocycles. The molecular weight excluding hydrogens is 373 g/mol. The first-order chi connectivity index (χ1) is 14.2. The molecule has 29 heavy (non-hydrogen) atoms. The lowest BCUT2D eigenvalue weighted by Gasteiger charge is -2.08. The molecule has 0 unspecified atom stereocenters. The second kappa shape index (κ2) is 8.14. The van der Waals surface area contributed by atoms with Gasteiger partial charge in [-0.25, -0.2) is 15.0 Å². The van der Waals surface area contributed by atoms with Crippen LogP contribution in [0.15, 0.2) is 48.8 Å². The van der Waals surface area contributed by atoms with Crippen LogP contribution in [-0.4, -0.2) is 34.2 Å². The summed E-state index contributed by atoms with van der Waals surface area (Å²) in [4.78, 5) is 15.8. The van der Waals surface area contributed by atoms with Gasteiger partial charge < -0.3 is 19.8 Å². The first kappa shape index (κ1) is 18.7. The molecule has 0 bridgehead atoms.